The highest BCUT2D eigenvalue weighted by Gasteiger charge is 2.12. The lowest BCUT2D eigenvalue weighted by molar-refractivity contribution is 0.344. The van der Waals surface area contributed by atoms with Gasteiger partial charge in [-0.3, -0.25) is 0 Å². The molecule has 0 aliphatic carbocycles. The van der Waals surface area contributed by atoms with Crippen LogP contribution in [0.25, 0.3) is 0 Å². The Balaban J connectivity index is 1.89. The van der Waals surface area contributed by atoms with Crippen molar-refractivity contribution in [1.82, 2.24) is 0 Å². The first-order valence-electron chi connectivity index (χ1n) is 6.02. The Labute approximate surface area is 137 Å². The molecule has 21 heavy (non-hydrogen) atoms. The van der Waals surface area contributed by atoms with Gasteiger partial charge in [0.05, 0.1) is 16.5 Å². The molecule has 0 saturated heterocycles. The second kappa shape index (κ2) is 7.40. The van der Waals surface area contributed by atoms with Gasteiger partial charge < -0.3 is 4.74 Å². The Morgan fingerprint density at radius 3 is 2.43 bits per heavy atom. The van der Waals surface area contributed by atoms with Crippen molar-refractivity contribution in [3.63, 3.8) is 0 Å². The van der Waals surface area contributed by atoms with Gasteiger partial charge in [0.2, 0.25) is 0 Å². The quantitative estimate of drug-likeness (QED) is 0.432. The topological polar surface area (TPSA) is 43.4 Å². The fourth-order valence-corrected chi connectivity index (χ4v) is 3.41. The van der Waals surface area contributed by atoms with Crippen LogP contribution in [-0.4, -0.2) is 20.8 Å². The van der Waals surface area contributed by atoms with Gasteiger partial charge in [-0.2, -0.15) is 0 Å². The zero-order chi connectivity index (χ0) is 15.3. The highest BCUT2D eigenvalue weighted by atomic mass is 35.7. The molecule has 2 aromatic carbocycles. The summed E-state index contributed by atoms with van der Waals surface area (Å²) in [5.74, 6) is 1.20. The molecule has 0 radical (unpaired) electrons. The van der Waals surface area contributed by atoms with E-state index in [1.54, 1.807) is 11.8 Å². The van der Waals surface area contributed by atoms with Crippen molar-refractivity contribution in [2.24, 2.45) is 0 Å². The highest BCUT2D eigenvalue weighted by molar-refractivity contribution is 8.13. The summed E-state index contributed by atoms with van der Waals surface area (Å²) in [6.45, 7) is 0.465. The van der Waals surface area contributed by atoms with Crippen LogP contribution in [0.2, 0.25) is 5.02 Å². The Morgan fingerprint density at radius 2 is 1.81 bits per heavy atom. The molecule has 0 heterocycles. The van der Waals surface area contributed by atoms with Crippen molar-refractivity contribution < 1.29 is 13.2 Å². The lowest BCUT2D eigenvalue weighted by Gasteiger charge is -2.08. The number of benzene rings is 2. The minimum Gasteiger partial charge on any atom is -0.491 e. The van der Waals surface area contributed by atoms with Gasteiger partial charge in [-0.05, 0) is 30.3 Å². The van der Waals surface area contributed by atoms with Crippen molar-refractivity contribution in [1.29, 1.82) is 0 Å². The van der Waals surface area contributed by atoms with Gasteiger partial charge in [0, 0.05) is 21.3 Å². The van der Waals surface area contributed by atoms with Crippen LogP contribution in [0.5, 0.6) is 5.75 Å². The van der Waals surface area contributed by atoms with E-state index >= 15 is 0 Å². The van der Waals surface area contributed by atoms with E-state index in [-0.39, 0.29) is 9.92 Å². The number of thioether (sulfide) groups is 1. The van der Waals surface area contributed by atoms with Crippen LogP contribution in [0.4, 0.5) is 0 Å². The molecule has 0 amide bonds. The molecular weight excluding hydrogens is 351 g/mol. The van der Waals surface area contributed by atoms with Gasteiger partial charge in [-0.25, -0.2) is 8.42 Å². The van der Waals surface area contributed by atoms with Crippen molar-refractivity contribution in [2.45, 2.75) is 9.79 Å². The van der Waals surface area contributed by atoms with E-state index in [1.807, 2.05) is 30.3 Å². The first kappa shape index (κ1) is 16.5. The third-order valence-corrected chi connectivity index (χ3v) is 5.16. The summed E-state index contributed by atoms with van der Waals surface area (Å²) in [5.41, 5.74) is 0. The SMILES string of the molecule is O=S(=O)(Cl)c1ccc(OCCSc2ccccc2)c(Cl)c1. The molecule has 0 spiro atoms. The Hall–Kier alpha value is -0.880. The lowest BCUT2D eigenvalue weighted by Crippen LogP contribution is -2.01. The number of rotatable bonds is 6. The molecule has 0 bridgehead atoms. The molecule has 0 aliphatic rings. The average Bonchev–Trinajstić information content (AvgIpc) is 2.45. The monoisotopic (exact) mass is 362 g/mol. The van der Waals surface area contributed by atoms with Crippen LogP contribution < -0.4 is 4.74 Å². The molecule has 3 nitrogen and oxygen atoms in total. The van der Waals surface area contributed by atoms with Gasteiger partial charge in [-0.15, -0.1) is 11.8 Å². The van der Waals surface area contributed by atoms with Gasteiger partial charge >= 0.3 is 0 Å². The molecule has 7 heteroatoms. The lowest BCUT2D eigenvalue weighted by atomic mass is 10.3. The second-order valence-electron chi connectivity index (χ2n) is 4.04. The average molecular weight is 363 g/mol. The minimum absolute atomic E-state index is 0.0415. The zero-order valence-corrected chi connectivity index (χ0v) is 14.0. The first-order chi connectivity index (χ1) is 9.97. The number of hydrogen-bond donors (Lipinski definition) is 0. The molecule has 2 aromatic rings. The summed E-state index contributed by atoms with van der Waals surface area (Å²) < 4.78 is 27.9. The molecule has 0 atom stereocenters. The van der Waals surface area contributed by atoms with Crippen molar-refractivity contribution in [3.8, 4) is 5.75 Å². The molecule has 112 valence electrons. The summed E-state index contributed by atoms with van der Waals surface area (Å²) >= 11 is 7.64. The van der Waals surface area contributed by atoms with Gasteiger partial charge in [-0.1, -0.05) is 29.8 Å². The summed E-state index contributed by atoms with van der Waals surface area (Å²) in [6.07, 6.45) is 0. The predicted molar refractivity (Wildman–Crippen MR) is 87.2 cm³/mol. The fourth-order valence-electron chi connectivity index (χ4n) is 1.58. The Morgan fingerprint density at radius 1 is 1.10 bits per heavy atom. The standard InChI is InChI=1S/C14H12Cl2O3S2/c15-13-10-12(21(16,17)18)6-7-14(13)19-8-9-20-11-4-2-1-3-5-11/h1-7,10H,8-9H2. The van der Waals surface area contributed by atoms with E-state index in [4.69, 9.17) is 27.0 Å². The van der Waals surface area contributed by atoms with Crippen LogP contribution in [0.3, 0.4) is 0 Å². The van der Waals surface area contributed by atoms with E-state index in [2.05, 4.69) is 0 Å². The van der Waals surface area contributed by atoms with E-state index in [1.165, 1.54) is 18.2 Å². The number of halogens is 2. The summed E-state index contributed by atoms with van der Waals surface area (Å²) in [7, 11) is 1.47. The molecule has 0 N–H and O–H groups in total. The molecular formula is C14H12Cl2O3S2. The van der Waals surface area contributed by atoms with Crippen LogP contribution in [-0.2, 0) is 9.05 Å². The first-order valence-corrected chi connectivity index (χ1v) is 9.69. The van der Waals surface area contributed by atoms with Crippen molar-refractivity contribution in [3.05, 3.63) is 53.6 Å². The maximum Gasteiger partial charge on any atom is 0.261 e. The van der Waals surface area contributed by atoms with Gasteiger partial charge in [0.15, 0.2) is 0 Å². The van der Waals surface area contributed by atoms with Crippen LogP contribution in [0.15, 0.2) is 58.3 Å². The molecule has 0 saturated carbocycles. The Bertz CT molecular complexity index is 703. The third-order valence-electron chi connectivity index (χ3n) is 2.54. The fraction of sp³-hybridized carbons (Fsp3) is 0.143. The largest absolute Gasteiger partial charge is 0.491 e. The van der Waals surface area contributed by atoms with Crippen molar-refractivity contribution in [2.75, 3.05) is 12.4 Å². The molecule has 0 unspecified atom stereocenters. The minimum atomic E-state index is -3.78. The van der Waals surface area contributed by atoms with E-state index in [0.29, 0.717) is 12.4 Å². The number of ether oxygens (including phenoxy) is 1. The Kier molecular flexibility index (Phi) is 5.81. The third kappa shape index (κ3) is 5.11. The van der Waals surface area contributed by atoms with Gasteiger partial charge in [0.25, 0.3) is 9.05 Å². The molecule has 0 aromatic heterocycles. The molecule has 0 aliphatic heterocycles. The summed E-state index contributed by atoms with van der Waals surface area (Å²) in [6, 6.07) is 14.1. The summed E-state index contributed by atoms with van der Waals surface area (Å²) in [4.78, 5) is 1.12. The number of hydrogen-bond acceptors (Lipinski definition) is 4. The predicted octanol–water partition coefficient (Wildman–Crippen LogP) is 4.44. The van der Waals surface area contributed by atoms with Gasteiger partial charge in [0.1, 0.15) is 5.75 Å². The smallest absolute Gasteiger partial charge is 0.261 e. The van der Waals surface area contributed by atoms with Crippen LogP contribution in [0, 0.1) is 0 Å². The van der Waals surface area contributed by atoms with E-state index < -0.39 is 9.05 Å². The van der Waals surface area contributed by atoms with E-state index in [0.717, 1.165) is 10.6 Å². The van der Waals surface area contributed by atoms with E-state index in [9.17, 15) is 8.42 Å². The van der Waals surface area contributed by atoms with Crippen LogP contribution in [0.1, 0.15) is 0 Å². The maximum atomic E-state index is 11.2. The van der Waals surface area contributed by atoms with Crippen molar-refractivity contribution >= 4 is 43.1 Å². The maximum absolute atomic E-state index is 11.2. The summed E-state index contributed by atoms with van der Waals surface area (Å²) in [5, 5.41) is 0.224. The molecule has 2 rings (SSSR count). The normalized spacial score (nSPS) is 11.3. The molecule has 0 fully saturated rings. The zero-order valence-electron chi connectivity index (χ0n) is 10.8. The second-order valence-corrected chi connectivity index (χ2v) is 8.18. The van der Waals surface area contributed by atoms with Crippen LogP contribution >= 0.6 is 34.0 Å². The highest BCUT2D eigenvalue weighted by Crippen LogP contribution is 2.29.